The second-order valence-corrected chi connectivity index (χ2v) is 3.47. The Balaban J connectivity index is 2.15. The zero-order chi connectivity index (χ0) is 9.10. The Morgan fingerprint density at radius 2 is 2.08 bits per heavy atom. The number of hydrogen-bond donors (Lipinski definition) is 0. The number of ether oxygens (including phenoxy) is 1. The summed E-state index contributed by atoms with van der Waals surface area (Å²) in [6.07, 6.45) is 1.30. The molecule has 1 aliphatic heterocycles. The van der Waals surface area contributed by atoms with Crippen LogP contribution in [0.25, 0.3) is 0 Å². The number of benzene rings is 1. The number of rotatable bonds is 1. The van der Waals surface area contributed by atoms with Gasteiger partial charge in [0.25, 0.3) is 0 Å². The van der Waals surface area contributed by atoms with Gasteiger partial charge in [-0.25, -0.2) is 0 Å². The van der Waals surface area contributed by atoms with Gasteiger partial charge in [0.05, 0.1) is 6.61 Å². The van der Waals surface area contributed by atoms with Crippen LogP contribution in [0.5, 0.6) is 0 Å². The molecule has 2 rings (SSSR count). The quantitative estimate of drug-likeness (QED) is 0.651. The van der Waals surface area contributed by atoms with E-state index in [1.165, 1.54) is 5.56 Å². The lowest BCUT2D eigenvalue weighted by Gasteiger charge is -2.32. The van der Waals surface area contributed by atoms with E-state index in [0.29, 0.717) is 0 Å². The molecular formula is C11H15NO. The Kier molecular flexibility index (Phi) is 2.62. The highest BCUT2D eigenvalue weighted by Gasteiger charge is 2.20. The first-order valence-corrected chi connectivity index (χ1v) is 4.75. The van der Waals surface area contributed by atoms with Crippen molar-refractivity contribution in [2.24, 2.45) is 0 Å². The van der Waals surface area contributed by atoms with Crippen molar-refractivity contribution in [2.75, 3.05) is 20.2 Å². The van der Waals surface area contributed by atoms with Crippen molar-refractivity contribution < 1.29 is 4.74 Å². The molecular weight excluding hydrogens is 162 g/mol. The van der Waals surface area contributed by atoms with E-state index >= 15 is 0 Å². The smallest absolute Gasteiger partial charge is 0.136 e. The maximum atomic E-state index is 5.70. The van der Waals surface area contributed by atoms with Crippen LogP contribution < -0.4 is 0 Å². The summed E-state index contributed by atoms with van der Waals surface area (Å²) in [4.78, 5) is 2.25. The van der Waals surface area contributed by atoms with Crippen molar-refractivity contribution in [3.8, 4) is 0 Å². The maximum absolute atomic E-state index is 5.70. The van der Waals surface area contributed by atoms with Crippen molar-refractivity contribution in [1.29, 1.82) is 0 Å². The lowest BCUT2D eigenvalue weighted by molar-refractivity contribution is -0.0857. The molecule has 1 aromatic rings. The Bertz CT molecular complexity index is 260. The van der Waals surface area contributed by atoms with E-state index in [9.17, 15) is 0 Å². The van der Waals surface area contributed by atoms with Crippen molar-refractivity contribution in [3.05, 3.63) is 35.9 Å². The third kappa shape index (κ3) is 1.90. The molecule has 0 bridgehead atoms. The van der Waals surface area contributed by atoms with E-state index in [4.69, 9.17) is 4.74 Å². The van der Waals surface area contributed by atoms with E-state index in [2.05, 4.69) is 36.2 Å². The van der Waals surface area contributed by atoms with Crippen LogP contribution in [0.2, 0.25) is 0 Å². The van der Waals surface area contributed by atoms with Crippen LogP contribution in [0, 0.1) is 0 Å². The summed E-state index contributed by atoms with van der Waals surface area (Å²) in [5, 5.41) is 0. The zero-order valence-electron chi connectivity index (χ0n) is 7.94. The molecule has 1 heterocycles. The van der Waals surface area contributed by atoms with Crippen LogP contribution in [0.3, 0.4) is 0 Å². The highest BCUT2D eigenvalue weighted by molar-refractivity contribution is 5.17. The van der Waals surface area contributed by atoms with E-state index in [1.54, 1.807) is 0 Å². The van der Waals surface area contributed by atoms with Gasteiger partial charge in [0, 0.05) is 6.54 Å². The molecule has 0 N–H and O–H groups in total. The Morgan fingerprint density at radius 3 is 2.77 bits per heavy atom. The van der Waals surface area contributed by atoms with Crippen molar-refractivity contribution in [1.82, 2.24) is 4.90 Å². The van der Waals surface area contributed by atoms with Gasteiger partial charge in [0.1, 0.15) is 6.23 Å². The van der Waals surface area contributed by atoms with Gasteiger partial charge in [0.2, 0.25) is 0 Å². The van der Waals surface area contributed by atoms with Gasteiger partial charge >= 0.3 is 0 Å². The largest absolute Gasteiger partial charge is 0.359 e. The minimum atomic E-state index is 0.162. The summed E-state index contributed by atoms with van der Waals surface area (Å²) in [6, 6.07) is 10.4. The number of hydrogen-bond acceptors (Lipinski definition) is 2. The first kappa shape index (κ1) is 8.73. The Labute approximate surface area is 79.1 Å². The summed E-state index contributed by atoms with van der Waals surface area (Å²) >= 11 is 0. The van der Waals surface area contributed by atoms with Crippen LogP contribution in [-0.4, -0.2) is 25.1 Å². The van der Waals surface area contributed by atoms with Gasteiger partial charge in [-0.2, -0.15) is 0 Å². The molecule has 1 fully saturated rings. The Morgan fingerprint density at radius 1 is 1.31 bits per heavy atom. The summed E-state index contributed by atoms with van der Waals surface area (Å²) in [5.41, 5.74) is 1.25. The summed E-state index contributed by atoms with van der Waals surface area (Å²) in [6.45, 7) is 2.00. The van der Waals surface area contributed by atoms with E-state index in [0.717, 1.165) is 19.6 Å². The predicted octanol–water partition coefficient (Wildman–Crippen LogP) is 2.04. The lowest BCUT2D eigenvalue weighted by Crippen LogP contribution is -2.33. The van der Waals surface area contributed by atoms with Gasteiger partial charge in [0.15, 0.2) is 0 Å². The van der Waals surface area contributed by atoms with Crippen molar-refractivity contribution in [3.63, 3.8) is 0 Å². The summed E-state index contributed by atoms with van der Waals surface area (Å²) in [5.74, 6) is 0. The van der Waals surface area contributed by atoms with Gasteiger partial charge in [-0.1, -0.05) is 30.3 Å². The summed E-state index contributed by atoms with van der Waals surface area (Å²) < 4.78 is 5.70. The molecule has 1 aromatic carbocycles. The zero-order valence-corrected chi connectivity index (χ0v) is 7.94. The minimum Gasteiger partial charge on any atom is -0.359 e. The molecule has 2 nitrogen and oxygen atoms in total. The molecule has 0 aromatic heterocycles. The van der Waals surface area contributed by atoms with E-state index < -0.39 is 0 Å². The fraction of sp³-hybridized carbons (Fsp3) is 0.455. The summed E-state index contributed by atoms with van der Waals surface area (Å²) in [7, 11) is 2.11. The normalized spacial score (nSPS) is 24.5. The van der Waals surface area contributed by atoms with Crippen LogP contribution in [0.1, 0.15) is 18.2 Å². The highest BCUT2D eigenvalue weighted by Crippen LogP contribution is 2.23. The molecule has 13 heavy (non-hydrogen) atoms. The van der Waals surface area contributed by atoms with Crippen molar-refractivity contribution in [2.45, 2.75) is 12.6 Å². The molecule has 0 spiro atoms. The first-order valence-electron chi connectivity index (χ1n) is 4.75. The monoisotopic (exact) mass is 177 g/mol. The average molecular weight is 177 g/mol. The SMILES string of the molecule is CN1CCCOC1c1ccccc1. The third-order valence-corrected chi connectivity index (χ3v) is 2.42. The maximum Gasteiger partial charge on any atom is 0.136 e. The molecule has 0 saturated carbocycles. The Hall–Kier alpha value is -0.860. The molecule has 1 aliphatic rings. The molecule has 1 atom stereocenters. The van der Waals surface area contributed by atoms with Gasteiger partial charge in [-0.05, 0) is 19.0 Å². The molecule has 2 heteroatoms. The van der Waals surface area contributed by atoms with Gasteiger partial charge in [-0.15, -0.1) is 0 Å². The minimum absolute atomic E-state index is 0.162. The highest BCUT2D eigenvalue weighted by atomic mass is 16.5. The van der Waals surface area contributed by atoms with Crippen LogP contribution in [0.15, 0.2) is 30.3 Å². The molecule has 0 amide bonds. The van der Waals surface area contributed by atoms with Crippen LogP contribution in [-0.2, 0) is 4.74 Å². The predicted molar refractivity (Wildman–Crippen MR) is 52.4 cm³/mol. The molecule has 70 valence electrons. The number of nitrogens with zero attached hydrogens (tertiary/aromatic N) is 1. The molecule has 1 unspecified atom stereocenters. The molecule has 1 saturated heterocycles. The molecule has 0 radical (unpaired) electrons. The third-order valence-electron chi connectivity index (χ3n) is 2.42. The van der Waals surface area contributed by atoms with Crippen molar-refractivity contribution >= 4 is 0 Å². The first-order chi connectivity index (χ1) is 6.38. The van der Waals surface area contributed by atoms with E-state index in [-0.39, 0.29) is 6.23 Å². The fourth-order valence-electron chi connectivity index (χ4n) is 1.72. The standard InChI is InChI=1S/C11H15NO/c1-12-8-5-9-13-11(12)10-6-3-2-4-7-10/h2-4,6-7,11H,5,8-9H2,1H3. The van der Waals surface area contributed by atoms with E-state index in [1.807, 2.05) is 6.07 Å². The van der Waals surface area contributed by atoms with Gasteiger partial charge < -0.3 is 4.74 Å². The topological polar surface area (TPSA) is 12.5 Å². The second kappa shape index (κ2) is 3.90. The van der Waals surface area contributed by atoms with Crippen LogP contribution >= 0.6 is 0 Å². The van der Waals surface area contributed by atoms with Gasteiger partial charge in [-0.3, -0.25) is 4.90 Å². The lowest BCUT2D eigenvalue weighted by atomic mass is 10.1. The fourth-order valence-corrected chi connectivity index (χ4v) is 1.72. The average Bonchev–Trinajstić information content (AvgIpc) is 2.20. The molecule has 0 aliphatic carbocycles. The van der Waals surface area contributed by atoms with Crippen LogP contribution in [0.4, 0.5) is 0 Å². The second-order valence-electron chi connectivity index (χ2n) is 3.47.